The van der Waals surface area contributed by atoms with Gasteiger partial charge >= 0.3 is 0 Å². The lowest BCUT2D eigenvalue weighted by molar-refractivity contribution is 0.0970. The second-order valence-electron chi connectivity index (χ2n) is 4.64. The molecular weight excluding hydrogens is 262 g/mol. The van der Waals surface area contributed by atoms with Gasteiger partial charge in [-0.25, -0.2) is 0 Å². The van der Waals surface area contributed by atoms with E-state index in [2.05, 4.69) is 10.2 Å². The number of nitrogens with zero attached hydrogens (tertiary/aromatic N) is 2. The lowest BCUT2D eigenvalue weighted by Gasteiger charge is -2.12. The number of rotatable bonds is 3. The molecule has 0 radical (unpaired) electrons. The molecule has 1 aromatic heterocycles. The number of nitrogens with one attached hydrogen (secondary N) is 1. The fourth-order valence-corrected chi connectivity index (χ4v) is 2.52. The van der Waals surface area contributed by atoms with Gasteiger partial charge in [-0.15, -0.1) is 0 Å². The first-order valence-electron chi connectivity index (χ1n) is 6.30. The summed E-state index contributed by atoms with van der Waals surface area (Å²) < 4.78 is 8.19. The number of benzene rings is 1. The van der Waals surface area contributed by atoms with Crippen LogP contribution in [0.3, 0.4) is 0 Å². The summed E-state index contributed by atoms with van der Waals surface area (Å²) in [6.45, 7) is 1.54. The maximum atomic E-state index is 9.33. The molecule has 1 aromatic carbocycles. The summed E-state index contributed by atoms with van der Waals surface area (Å²) in [4.78, 5) is 0. The SMILES string of the molecule is Oc1ccc(-c2n[nH]c(=S)n2CC2CCCO2)cc1. The van der Waals surface area contributed by atoms with Gasteiger partial charge in [0, 0.05) is 12.2 Å². The zero-order valence-corrected chi connectivity index (χ0v) is 11.2. The van der Waals surface area contributed by atoms with E-state index in [4.69, 9.17) is 17.0 Å². The average Bonchev–Trinajstić information content (AvgIpc) is 3.03. The zero-order valence-electron chi connectivity index (χ0n) is 10.4. The van der Waals surface area contributed by atoms with Crippen LogP contribution in [0.5, 0.6) is 5.75 Å². The van der Waals surface area contributed by atoms with E-state index in [0.717, 1.165) is 30.8 Å². The number of hydrogen-bond donors (Lipinski definition) is 2. The monoisotopic (exact) mass is 277 g/mol. The normalized spacial score (nSPS) is 18.8. The molecule has 1 aliphatic heterocycles. The fourth-order valence-electron chi connectivity index (χ4n) is 2.31. The molecule has 2 N–H and O–H groups in total. The molecule has 100 valence electrons. The van der Waals surface area contributed by atoms with Crippen LogP contribution in [-0.4, -0.2) is 32.6 Å². The third-order valence-electron chi connectivity index (χ3n) is 3.29. The highest BCUT2D eigenvalue weighted by Gasteiger charge is 2.19. The topological polar surface area (TPSA) is 63.1 Å². The molecule has 6 heteroatoms. The Balaban J connectivity index is 1.93. The number of ether oxygens (including phenoxy) is 1. The van der Waals surface area contributed by atoms with Gasteiger partial charge in [-0.1, -0.05) is 0 Å². The van der Waals surface area contributed by atoms with E-state index in [1.54, 1.807) is 12.1 Å². The molecule has 1 aliphatic rings. The first kappa shape index (κ1) is 12.4. The van der Waals surface area contributed by atoms with E-state index < -0.39 is 0 Å². The highest BCUT2D eigenvalue weighted by Crippen LogP contribution is 2.22. The van der Waals surface area contributed by atoms with Crippen LogP contribution in [0.25, 0.3) is 11.4 Å². The molecule has 19 heavy (non-hydrogen) atoms. The molecule has 5 nitrogen and oxygen atoms in total. The Bertz CT molecular complexity index is 612. The third-order valence-corrected chi connectivity index (χ3v) is 3.61. The first-order valence-corrected chi connectivity index (χ1v) is 6.71. The Morgan fingerprint density at radius 3 is 2.89 bits per heavy atom. The van der Waals surface area contributed by atoms with Gasteiger partial charge in [0.25, 0.3) is 0 Å². The molecule has 2 aromatic rings. The van der Waals surface area contributed by atoms with Crippen molar-refractivity contribution in [1.29, 1.82) is 0 Å². The van der Waals surface area contributed by atoms with Crippen LogP contribution in [0.2, 0.25) is 0 Å². The predicted molar refractivity (Wildman–Crippen MR) is 73.5 cm³/mol. The van der Waals surface area contributed by atoms with Crippen LogP contribution in [0, 0.1) is 4.77 Å². The Morgan fingerprint density at radius 2 is 2.21 bits per heavy atom. The maximum Gasteiger partial charge on any atom is 0.195 e. The van der Waals surface area contributed by atoms with Crippen molar-refractivity contribution in [2.75, 3.05) is 6.61 Å². The average molecular weight is 277 g/mol. The van der Waals surface area contributed by atoms with E-state index in [0.29, 0.717) is 11.3 Å². The second kappa shape index (κ2) is 5.14. The van der Waals surface area contributed by atoms with E-state index in [-0.39, 0.29) is 11.9 Å². The molecule has 3 rings (SSSR count). The molecule has 0 saturated carbocycles. The van der Waals surface area contributed by atoms with Gasteiger partial charge in [0.2, 0.25) is 0 Å². The molecule has 1 saturated heterocycles. The minimum absolute atomic E-state index is 0.208. The van der Waals surface area contributed by atoms with Crippen LogP contribution >= 0.6 is 12.2 Å². The minimum atomic E-state index is 0.208. The number of aromatic hydroxyl groups is 1. The Labute approximate surface area is 115 Å². The van der Waals surface area contributed by atoms with Crippen molar-refractivity contribution in [1.82, 2.24) is 14.8 Å². The second-order valence-corrected chi connectivity index (χ2v) is 5.03. The van der Waals surface area contributed by atoms with Crippen molar-refractivity contribution in [3.05, 3.63) is 29.0 Å². The predicted octanol–water partition coefficient (Wildman–Crippen LogP) is 2.49. The van der Waals surface area contributed by atoms with Crippen LogP contribution in [-0.2, 0) is 11.3 Å². The van der Waals surface area contributed by atoms with Crippen LogP contribution in [0.15, 0.2) is 24.3 Å². The van der Waals surface area contributed by atoms with Gasteiger partial charge in [0.15, 0.2) is 10.6 Å². The molecule has 1 unspecified atom stereocenters. The molecule has 2 heterocycles. The van der Waals surface area contributed by atoms with Crippen LogP contribution in [0.4, 0.5) is 0 Å². The van der Waals surface area contributed by atoms with Gasteiger partial charge in [-0.05, 0) is 49.3 Å². The molecule has 0 aliphatic carbocycles. The van der Waals surface area contributed by atoms with Gasteiger partial charge in [-0.3, -0.25) is 9.67 Å². The fraction of sp³-hybridized carbons (Fsp3) is 0.385. The van der Waals surface area contributed by atoms with E-state index in [1.807, 2.05) is 16.7 Å². The number of aromatic nitrogens is 3. The molecule has 0 spiro atoms. The molecule has 1 fully saturated rings. The maximum absolute atomic E-state index is 9.33. The van der Waals surface area contributed by atoms with Crippen molar-refractivity contribution in [3.63, 3.8) is 0 Å². The molecule has 0 amide bonds. The highest BCUT2D eigenvalue weighted by atomic mass is 32.1. The minimum Gasteiger partial charge on any atom is -0.508 e. The van der Waals surface area contributed by atoms with Crippen molar-refractivity contribution >= 4 is 12.2 Å². The largest absolute Gasteiger partial charge is 0.508 e. The van der Waals surface area contributed by atoms with E-state index in [1.165, 1.54) is 0 Å². The summed E-state index contributed by atoms with van der Waals surface area (Å²) in [5, 5.41) is 16.4. The van der Waals surface area contributed by atoms with Gasteiger partial charge in [0.05, 0.1) is 12.6 Å². The summed E-state index contributed by atoms with van der Waals surface area (Å²) >= 11 is 5.27. The Kier molecular flexibility index (Phi) is 3.35. The molecular formula is C13H15N3O2S. The summed E-state index contributed by atoms with van der Waals surface area (Å²) in [6.07, 6.45) is 2.37. The summed E-state index contributed by atoms with van der Waals surface area (Å²) in [5.41, 5.74) is 0.920. The van der Waals surface area contributed by atoms with Crippen molar-refractivity contribution in [3.8, 4) is 17.1 Å². The summed E-state index contributed by atoms with van der Waals surface area (Å²) in [5.74, 6) is 1.02. The van der Waals surface area contributed by atoms with Crippen molar-refractivity contribution < 1.29 is 9.84 Å². The third kappa shape index (κ3) is 2.54. The lowest BCUT2D eigenvalue weighted by Crippen LogP contribution is -2.15. The summed E-state index contributed by atoms with van der Waals surface area (Å²) in [6, 6.07) is 6.94. The standard InChI is InChI=1S/C13H15N3O2S/c17-10-5-3-9(4-6-10)12-14-15-13(19)16(12)8-11-2-1-7-18-11/h3-6,11,17H,1-2,7-8H2,(H,15,19). The smallest absolute Gasteiger partial charge is 0.195 e. The zero-order chi connectivity index (χ0) is 13.2. The summed E-state index contributed by atoms with van der Waals surface area (Å²) in [7, 11) is 0. The Hall–Kier alpha value is -1.66. The van der Waals surface area contributed by atoms with Crippen molar-refractivity contribution in [2.45, 2.75) is 25.5 Å². The van der Waals surface area contributed by atoms with Crippen LogP contribution in [0.1, 0.15) is 12.8 Å². The number of H-pyrrole nitrogens is 1. The molecule has 1 atom stereocenters. The van der Waals surface area contributed by atoms with Gasteiger partial charge < -0.3 is 9.84 Å². The molecule has 0 bridgehead atoms. The first-order chi connectivity index (χ1) is 9.24. The quantitative estimate of drug-likeness (QED) is 0.846. The number of phenols is 1. The Morgan fingerprint density at radius 1 is 1.42 bits per heavy atom. The highest BCUT2D eigenvalue weighted by molar-refractivity contribution is 7.71. The number of phenolic OH excluding ortho intramolecular Hbond substituents is 1. The number of hydrogen-bond acceptors (Lipinski definition) is 4. The number of aromatic amines is 1. The van der Waals surface area contributed by atoms with E-state index >= 15 is 0 Å². The van der Waals surface area contributed by atoms with Gasteiger partial charge in [0.1, 0.15) is 5.75 Å². The van der Waals surface area contributed by atoms with E-state index in [9.17, 15) is 5.11 Å². The van der Waals surface area contributed by atoms with Crippen molar-refractivity contribution in [2.24, 2.45) is 0 Å². The van der Waals surface area contributed by atoms with Gasteiger partial charge in [-0.2, -0.15) is 5.10 Å². The van der Waals surface area contributed by atoms with Crippen LogP contribution < -0.4 is 0 Å². The lowest BCUT2D eigenvalue weighted by atomic mass is 10.2.